The van der Waals surface area contributed by atoms with Gasteiger partial charge in [-0.25, -0.2) is 0 Å². The fourth-order valence-corrected chi connectivity index (χ4v) is 11.2. The van der Waals surface area contributed by atoms with Gasteiger partial charge in [-0.05, 0) is 144 Å². The maximum atomic E-state index is 2.51. The lowest BCUT2D eigenvalue weighted by atomic mass is 9.63. The third-order valence-electron chi connectivity index (χ3n) is 14.2. The summed E-state index contributed by atoms with van der Waals surface area (Å²) < 4.78 is 2.51. The van der Waals surface area contributed by atoms with E-state index in [1.54, 1.807) is 0 Å². The molecule has 0 N–H and O–H groups in total. The predicted molar refractivity (Wildman–Crippen MR) is 297 cm³/mol. The van der Waals surface area contributed by atoms with Gasteiger partial charge in [0.05, 0.1) is 22.1 Å². The maximum Gasteiger partial charge on any atom is 0.0743 e. The molecule has 0 fully saturated rings. The molecule has 12 aromatic rings. The normalized spacial score (nSPS) is 12.3. The molecule has 0 spiro atoms. The molecular formula is C67H48N4. The van der Waals surface area contributed by atoms with Crippen molar-refractivity contribution in [1.29, 1.82) is 0 Å². The molecule has 4 heteroatoms. The summed E-state index contributed by atoms with van der Waals surface area (Å²) in [7, 11) is 0. The predicted octanol–water partition coefficient (Wildman–Crippen LogP) is 17.9. The van der Waals surface area contributed by atoms with Crippen molar-refractivity contribution in [3.8, 4) is 5.69 Å². The third-order valence-corrected chi connectivity index (χ3v) is 14.2. The first-order valence-electron chi connectivity index (χ1n) is 24.3. The highest BCUT2D eigenvalue weighted by molar-refractivity contribution is 6.12. The topological polar surface area (TPSA) is 14.7 Å². The summed E-state index contributed by atoms with van der Waals surface area (Å²) in [6, 6.07) is 106. The zero-order valence-electron chi connectivity index (χ0n) is 39.0. The van der Waals surface area contributed by atoms with Crippen LogP contribution in [0.1, 0.15) is 22.3 Å². The van der Waals surface area contributed by atoms with Crippen molar-refractivity contribution in [3.63, 3.8) is 0 Å². The van der Waals surface area contributed by atoms with Crippen molar-refractivity contribution in [1.82, 2.24) is 4.57 Å². The number of rotatable bonds is 11. The first kappa shape index (κ1) is 41.8. The molecule has 336 valence electrons. The van der Waals surface area contributed by atoms with Crippen LogP contribution in [0.4, 0.5) is 51.2 Å². The van der Waals surface area contributed by atoms with Gasteiger partial charge in [0.25, 0.3) is 0 Å². The van der Waals surface area contributed by atoms with Crippen LogP contribution in [0.2, 0.25) is 0 Å². The minimum Gasteiger partial charge on any atom is -0.311 e. The number of aromatic nitrogens is 1. The maximum absolute atomic E-state index is 2.51. The van der Waals surface area contributed by atoms with Crippen molar-refractivity contribution in [2.45, 2.75) is 5.41 Å². The molecule has 4 nitrogen and oxygen atoms in total. The van der Waals surface area contributed by atoms with Gasteiger partial charge in [0.15, 0.2) is 0 Å². The quantitative estimate of drug-likeness (QED) is 0.129. The fraction of sp³-hybridized carbons (Fsp3) is 0.0149. The van der Waals surface area contributed by atoms with E-state index in [1.807, 2.05) is 0 Å². The molecule has 71 heavy (non-hydrogen) atoms. The Morgan fingerprint density at radius 3 is 1.03 bits per heavy atom. The van der Waals surface area contributed by atoms with Crippen molar-refractivity contribution in [2.24, 2.45) is 0 Å². The number of nitrogens with zero attached hydrogens (tertiary/aromatic N) is 4. The lowest BCUT2D eigenvalue weighted by molar-refractivity contribution is 0.728. The number of fused-ring (bicyclic) bond motifs is 5. The summed E-state index contributed by atoms with van der Waals surface area (Å²) in [6.45, 7) is 0. The molecule has 0 saturated heterocycles. The average molecular weight is 909 g/mol. The second-order valence-electron chi connectivity index (χ2n) is 18.1. The Kier molecular flexibility index (Phi) is 10.4. The SMILES string of the molecule is c1ccc(N(c2ccccc2)c2ccc(N(c3ccc(N(c4ccccc4)c4ccccc4)cc3)c3ccc4c(c3)C(c3ccccc3)(c3ccccc3)c3cccc5c6ccccc6n-4c35)cc2)cc1. The molecule has 0 bridgehead atoms. The van der Waals surface area contributed by atoms with E-state index in [-0.39, 0.29) is 0 Å². The van der Waals surface area contributed by atoms with Crippen molar-refractivity contribution < 1.29 is 0 Å². The van der Waals surface area contributed by atoms with Crippen LogP contribution in [0.3, 0.4) is 0 Å². The lowest BCUT2D eigenvalue weighted by Crippen LogP contribution is -2.35. The summed E-state index contributed by atoms with van der Waals surface area (Å²) in [5.41, 5.74) is 17.5. The Morgan fingerprint density at radius 1 is 0.254 bits per heavy atom. The number of hydrogen-bond donors (Lipinski definition) is 0. The van der Waals surface area contributed by atoms with Crippen LogP contribution in [0, 0.1) is 0 Å². The molecule has 1 aliphatic heterocycles. The number of anilines is 9. The molecule has 13 rings (SSSR count). The Hall–Kier alpha value is -9.38. The molecular weight excluding hydrogens is 861 g/mol. The minimum absolute atomic E-state index is 0.658. The van der Waals surface area contributed by atoms with Gasteiger partial charge >= 0.3 is 0 Å². The minimum atomic E-state index is -0.658. The summed E-state index contributed by atoms with van der Waals surface area (Å²) in [6.07, 6.45) is 0. The molecule has 0 radical (unpaired) electrons. The Labute approximate surface area is 414 Å². The summed E-state index contributed by atoms with van der Waals surface area (Å²) in [4.78, 5) is 7.05. The van der Waals surface area contributed by atoms with Crippen molar-refractivity contribution in [2.75, 3.05) is 14.7 Å². The molecule has 1 aliphatic rings. The van der Waals surface area contributed by atoms with Gasteiger partial charge in [0.1, 0.15) is 0 Å². The van der Waals surface area contributed by atoms with E-state index in [0.29, 0.717) is 0 Å². The first-order valence-corrected chi connectivity index (χ1v) is 24.3. The highest BCUT2D eigenvalue weighted by atomic mass is 15.2. The van der Waals surface area contributed by atoms with Gasteiger partial charge in [0, 0.05) is 62.0 Å². The Balaban J connectivity index is 1.05. The van der Waals surface area contributed by atoms with E-state index in [1.165, 1.54) is 49.7 Å². The molecule has 0 unspecified atom stereocenters. The van der Waals surface area contributed by atoms with E-state index >= 15 is 0 Å². The van der Waals surface area contributed by atoms with Gasteiger partial charge < -0.3 is 19.3 Å². The van der Waals surface area contributed by atoms with Crippen LogP contribution in [-0.4, -0.2) is 4.57 Å². The summed E-state index contributed by atoms with van der Waals surface area (Å²) >= 11 is 0. The second-order valence-corrected chi connectivity index (χ2v) is 18.1. The Morgan fingerprint density at radius 2 is 0.592 bits per heavy atom. The van der Waals surface area contributed by atoms with E-state index in [2.05, 4.69) is 310 Å². The van der Waals surface area contributed by atoms with Crippen LogP contribution in [-0.2, 0) is 5.41 Å². The average Bonchev–Trinajstić information content (AvgIpc) is 3.79. The smallest absolute Gasteiger partial charge is 0.0743 e. The highest BCUT2D eigenvalue weighted by Crippen LogP contribution is 2.55. The molecule has 2 heterocycles. The van der Waals surface area contributed by atoms with E-state index < -0.39 is 5.41 Å². The van der Waals surface area contributed by atoms with Crippen molar-refractivity contribution in [3.05, 3.63) is 313 Å². The molecule has 0 aliphatic carbocycles. The van der Waals surface area contributed by atoms with Crippen LogP contribution in [0.5, 0.6) is 0 Å². The van der Waals surface area contributed by atoms with Gasteiger partial charge in [-0.15, -0.1) is 0 Å². The molecule has 0 amide bonds. The van der Waals surface area contributed by atoms with Crippen molar-refractivity contribution >= 4 is 73.0 Å². The number of benzene rings is 11. The highest BCUT2D eigenvalue weighted by Gasteiger charge is 2.45. The van der Waals surface area contributed by atoms with Crippen LogP contribution < -0.4 is 14.7 Å². The van der Waals surface area contributed by atoms with E-state index in [4.69, 9.17) is 0 Å². The molecule has 11 aromatic carbocycles. The standard InChI is InChI=1S/C67H48N4/c1-7-22-49(23-8-1)67(50-24-9-2-10-25-50)62-36-21-35-61-60-34-19-20-37-64(60)71(66(61)62)65-47-46-59(48-63(65)67)70(57-42-38-55(39-43-57)68(51-26-11-3-12-27-51)52-28-13-4-14-29-52)58-44-40-56(41-45-58)69(53-30-15-5-16-31-53)54-32-17-6-18-33-54/h1-48H. The van der Waals surface area contributed by atoms with Crippen LogP contribution in [0.15, 0.2) is 291 Å². The fourth-order valence-electron chi connectivity index (χ4n) is 11.2. The largest absolute Gasteiger partial charge is 0.311 e. The first-order chi connectivity index (χ1) is 35.3. The zero-order valence-corrected chi connectivity index (χ0v) is 39.0. The second kappa shape index (κ2) is 17.6. The molecule has 0 saturated carbocycles. The van der Waals surface area contributed by atoms with Crippen LogP contribution in [0.25, 0.3) is 27.5 Å². The van der Waals surface area contributed by atoms with Gasteiger partial charge in [-0.3, -0.25) is 0 Å². The van der Waals surface area contributed by atoms with E-state index in [0.717, 1.165) is 51.2 Å². The monoisotopic (exact) mass is 908 g/mol. The molecule has 0 atom stereocenters. The summed E-state index contributed by atoms with van der Waals surface area (Å²) in [5.74, 6) is 0. The van der Waals surface area contributed by atoms with Gasteiger partial charge in [-0.1, -0.05) is 170 Å². The number of para-hydroxylation sites is 6. The Bertz CT molecular complexity index is 3540. The number of hydrogen-bond acceptors (Lipinski definition) is 3. The molecule has 1 aromatic heterocycles. The summed E-state index contributed by atoms with van der Waals surface area (Å²) in [5, 5.41) is 2.50. The zero-order chi connectivity index (χ0) is 47.1. The van der Waals surface area contributed by atoms with Gasteiger partial charge in [0.2, 0.25) is 0 Å². The third kappa shape index (κ3) is 6.99. The van der Waals surface area contributed by atoms with Crippen LogP contribution >= 0.6 is 0 Å². The lowest BCUT2D eigenvalue weighted by Gasteiger charge is -2.42. The van der Waals surface area contributed by atoms with E-state index in [9.17, 15) is 0 Å². The van der Waals surface area contributed by atoms with Gasteiger partial charge in [-0.2, -0.15) is 0 Å².